The van der Waals surface area contributed by atoms with Crippen LogP contribution in [0.5, 0.6) is 11.5 Å². The van der Waals surface area contributed by atoms with E-state index in [0.717, 1.165) is 48.2 Å². The lowest BCUT2D eigenvalue weighted by Gasteiger charge is -2.22. The number of benzene rings is 1. The van der Waals surface area contributed by atoms with Gasteiger partial charge in [-0.05, 0) is 54.4 Å². The summed E-state index contributed by atoms with van der Waals surface area (Å²) in [5.74, 6) is 3.35. The third-order valence-electron chi connectivity index (χ3n) is 4.19. The van der Waals surface area contributed by atoms with Crippen molar-refractivity contribution in [2.24, 2.45) is 0 Å². The van der Waals surface area contributed by atoms with E-state index in [1.165, 1.54) is 5.56 Å². The molecule has 0 radical (unpaired) electrons. The monoisotopic (exact) mass is 352 g/mol. The Morgan fingerprint density at radius 3 is 2.23 bits per heavy atom. The second-order valence-electron chi connectivity index (χ2n) is 6.20. The summed E-state index contributed by atoms with van der Waals surface area (Å²) >= 11 is 0. The normalized spacial score (nSPS) is 10.9. The molecule has 0 saturated carbocycles. The van der Waals surface area contributed by atoms with E-state index >= 15 is 0 Å². The summed E-state index contributed by atoms with van der Waals surface area (Å²) < 4.78 is 16.5. The van der Waals surface area contributed by atoms with Gasteiger partial charge in [0.2, 0.25) is 0 Å². The molecule has 0 N–H and O–H groups in total. The third kappa shape index (κ3) is 4.64. The van der Waals surface area contributed by atoms with Crippen molar-refractivity contribution in [1.82, 2.24) is 9.88 Å². The molecule has 0 aliphatic rings. The van der Waals surface area contributed by atoms with Crippen molar-refractivity contribution in [3.05, 3.63) is 77.5 Å². The van der Waals surface area contributed by atoms with Crippen molar-refractivity contribution < 1.29 is 13.9 Å². The molecular formula is C21H24N2O3. The molecule has 0 bridgehead atoms. The zero-order valence-corrected chi connectivity index (χ0v) is 15.4. The van der Waals surface area contributed by atoms with Crippen LogP contribution in [0.2, 0.25) is 0 Å². The topological polar surface area (TPSA) is 47.7 Å². The molecule has 0 aliphatic carbocycles. The Balaban J connectivity index is 1.80. The van der Waals surface area contributed by atoms with E-state index in [9.17, 15) is 0 Å². The number of ether oxygens (including phenoxy) is 2. The zero-order chi connectivity index (χ0) is 18.4. The van der Waals surface area contributed by atoms with Gasteiger partial charge in [0.05, 0.1) is 20.8 Å². The standard InChI is InChI=1S/C21H24N2O3/c1-16-4-6-19(26-16)15-23(13-17-8-10-22-11-9-17)14-18-5-7-20(24-2)21(12-18)25-3/h4-12H,13-15H2,1-3H3. The summed E-state index contributed by atoms with van der Waals surface area (Å²) in [4.78, 5) is 6.43. The SMILES string of the molecule is COc1ccc(CN(Cc2ccncc2)Cc2ccc(C)o2)cc1OC. The molecule has 0 amide bonds. The van der Waals surface area contributed by atoms with Gasteiger partial charge in [0.15, 0.2) is 11.5 Å². The minimum Gasteiger partial charge on any atom is -0.493 e. The van der Waals surface area contributed by atoms with Crippen molar-refractivity contribution in [2.75, 3.05) is 14.2 Å². The van der Waals surface area contributed by atoms with Gasteiger partial charge in [-0.25, -0.2) is 0 Å². The second-order valence-corrected chi connectivity index (χ2v) is 6.20. The Labute approximate surface area is 154 Å². The summed E-state index contributed by atoms with van der Waals surface area (Å²) in [6, 6.07) is 14.1. The van der Waals surface area contributed by atoms with Crippen LogP contribution in [-0.2, 0) is 19.6 Å². The smallest absolute Gasteiger partial charge is 0.161 e. The number of hydrogen-bond acceptors (Lipinski definition) is 5. The lowest BCUT2D eigenvalue weighted by molar-refractivity contribution is 0.225. The molecule has 0 spiro atoms. The number of nitrogens with zero attached hydrogens (tertiary/aromatic N) is 2. The lowest BCUT2D eigenvalue weighted by atomic mass is 10.1. The molecule has 3 aromatic rings. The van der Waals surface area contributed by atoms with Crippen LogP contribution in [0.4, 0.5) is 0 Å². The maximum absolute atomic E-state index is 5.77. The van der Waals surface area contributed by atoms with Crippen molar-refractivity contribution >= 4 is 0 Å². The molecule has 0 saturated heterocycles. The summed E-state index contributed by atoms with van der Waals surface area (Å²) in [6.07, 6.45) is 3.64. The molecule has 0 fully saturated rings. The first-order chi connectivity index (χ1) is 12.7. The largest absolute Gasteiger partial charge is 0.493 e. The molecule has 2 heterocycles. The van der Waals surface area contributed by atoms with E-state index in [1.807, 2.05) is 55.7 Å². The number of aromatic nitrogens is 1. The van der Waals surface area contributed by atoms with Gasteiger partial charge in [0, 0.05) is 25.5 Å². The average molecular weight is 352 g/mol. The quantitative estimate of drug-likeness (QED) is 0.608. The molecule has 26 heavy (non-hydrogen) atoms. The minimum atomic E-state index is 0.727. The van der Waals surface area contributed by atoms with Crippen LogP contribution < -0.4 is 9.47 Å². The van der Waals surface area contributed by atoms with Crippen molar-refractivity contribution in [3.8, 4) is 11.5 Å². The van der Waals surface area contributed by atoms with Crippen LogP contribution in [0.3, 0.4) is 0 Å². The van der Waals surface area contributed by atoms with Crippen molar-refractivity contribution in [2.45, 2.75) is 26.6 Å². The highest BCUT2D eigenvalue weighted by Gasteiger charge is 2.12. The molecule has 2 aromatic heterocycles. The lowest BCUT2D eigenvalue weighted by Crippen LogP contribution is -2.22. The first kappa shape index (κ1) is 18.0. The molecular weight excluding hydrogens is 328 g/mol. The van der Waals surface area contributed by atoms with E-state index in [4.69, 9.17) is 13.9 Å². The number of aryl methyl sites for hydroxylation is 1. The average Bonchev–Trinajstić information content (AvgIpc) is 3.07. The number of furan rings is 1. The predicted octanol–water partition coefficient (Wildman–Crippen LogP) is 4.20. The Bertz CT molecular complexity index is 830. The fourth-order valence-corrected chi connectivity index (χ4v) is 2.94. The van der Waals surface area contributed by atoms with Gasteiger partial charge in [-0.1, -0.05) is 6.07 Å². The maximum atomic E-state index is 5.77. The van der Waals surface area contributed by atoms with Crippen LogP contribution in [0, 0.1) is 6.92 Å². The highest BCUT2D eigenvalue weighted by atomic mass is 16.5. The van der Waals surface area contributed by atoms with E-state index in [1.54, 1.807) is 14.2 Å². The van der Waals surface area contributed by atoms with E-state index in [2.05, 4.69) is 16.0 Å². The van der Waals surface area contributed by atoms with Gasteiger partial charge in [-0.2, -0.15) is 0 Å². The number of hydrogen-bond donors (Lipinski definition) is 0. The second kappa shape index (κ2) is 8.54. The van der Waals surface area contributed by atoms with Crippen LogP contribution in [0.25, 0.3) is 0 Å². The van der Waals surface area contributed by atoms with Gasteiger partial charge in [0.25, 0.3) is 0 Å². The molecule has 3 rings (SSSR count). The highest BCUT2D eigenvalue weighted by Crippen LogP contribution is 2.28. The van der Waals surface area contributed by atoms with Crippen LogP contribution >= 0.6 is 0 Å². The van der Waals surface area contributed by atoms with Gasteiger partial charge in [-0.3, -0.25) is 9.88 Å². The number of rotatable bonds is 8. The van der Waals surface area contributed by atoms with Crippen LogP contribution in [0.15, 0.2) is 59.3 Å². The van der Waals surface area contributed by atoms with Gasteiger partial charge >= 0.3 is 0 Å². The molecule has 0 atom stereocenters. The molecule has 136 valence electrons. The van der Waals surface area contributed by atoms with E-state index in [0.29, 0.717) is 0 Å². The fraction of sp³-hybridized carbons (Fsp3) is 0.286. The van der Waals surface area contributed by atoms with Crippen molar-refractivity contribution in [1.29, 1.82) is 0 Å². The Kier molecular flexibility index (Phi) is 5.92. The minimum absolute atomic E-state index is 0.727. The predicted molar refractivity (Wildman–Crippen MR) is 100 cm³/mol. The highest BCUT2D eigenvalue weighted by molar-refractivity contribution is 5.42. The molecule has 0 unspecified atom stereocenters. The molecule has 1 aromatic carbocycles. The number of methoxy groups -OCH3 is 2. The van der Waals surface area contributed by atoms with Gasteiger partial charge in [0.1, 0.15) is 11.5 Å². The van der Waals surface area contributed by atoms with Gasteiger partial charge in [-0.15, -0.1) is 0 Å². The molecule has 5 heteroatoms. The summed E-state index contributed by atoms with van der Waals surface area (Å²) in [5.41, 5.74) is 2.36. The van der Waals surface area contributed by atoms with E-state index in [-0.39, 0.29) is 0 Å². The van der Waals surface area contributed by atoms with Crippen molar-refractivity contribution in [3.63, 3.8) is 0 Å². The van der Waals surface area contributed by atoms with Crippen LogP contribution in [0.1, 0.15) is 22.6 Å². The Hall–Kier alpha value is -2.79. The number of pyridine rings is 1. The maximum Gasteiger partial charge on any atom is 0.161 e. The summed E-state index contributed by atoms with van der Waals surface area (Å²) in [6.45, 7) is 4.26. The molecule has 0 aliphatic heterocycles. The Morgan fingerprint density at radius 2 is 1.58 bits per heavy atom. The Morgan fingerprint density at radius 1 is 0.846 bits per heavy atom. The fourth-order valence-electron chi connectivity index (χ4n) is 2.94. The molecule has 5 nitrogen and oxygen atoms in total. The summed E-state index contributed by atoms with van der Waals surface area (Å²) in [7, 11) is 3.30. The van der Waals surface area contributed by atoms with Crippen LogP contribution in [-0.4, -0.2) is 24.1 Å². The van der Waals surface area contributed by atoms with E-state index < -0.39 is 0 Å². The first-order valence-electron chi connectivity index (χ1n) is 8.55. The summed E-state index contributed by atoms with van der Waals surface area (Å²) in [5, 5.41) is 0. The third-order valence-corrected chi connectivity index (χ3v) is 4.19. The first-order valence-corrected chi connectivity index (χ1v) is 8.55. The zero-order valence-electron chi connectivity index (χ0n) is 15.4. The van der Waals surface area contributed by atoms with Gasteiger partial charge < -0.3 is 13.9 Å².